The fourth-order valence-corrected chi connectivity index (χ4v) is 8.78. The lowest BCUT2D eigenvalue weighted by Crippen LogP contribution is -2.58. The highest BCUT2D eigenvalue weighted by Gasteiger charge is 2.40. The standard InChI is InChI=1S/C30H27ClF3N5O2S2/c1-4-24(40)39-16(2)11-37(12-17(39)3)28-21-10-22(30(32,33)34)25(23-9-20(31)15-42-23)27-26(21)38(29(41)36-28)13-19(14-43-27)18-5-7-35-8-6-18/h4-10,15-17,19H,1,11-14H2,2-3H3/t16-,17+,19-/m0/s1. The first kappa shape index (κ1) is 29.7. The van der Waals surface area contributed by atoms with E-state index < -0.39 is 17.4 Å². The second kappa shape index (κ2) is 11.3. The van der Waals surface area contributed by atoms with E-state index in [-0.39, 0.29) is 47.2 Å². The summed E-state index contributed by atoms with van der Waals surface area (Å²) in [4.78, 5) is 39.2. The SMILES string of the molecule is C=CC(=O)N1[C@H](C)CN(c2nc(=O)n3c4c(c(-c5cc(Cl)cs5)c(C(F)(F)F)cc24)SC[C@@H](c2ccncc2)C3)C[C@@H]1C. The number of halogens is 4. The van der Waals surface area contributed by atoms with Gasteiger partial charge in [0.1, 0.15) is 5.82 Å². The Morgan fingerprint density at radius 1 is 1.14 bits per heavy atom. The Hall–Kier alpha value is -3.35. The third-order valence-electron chi connectivity index (χ3n) is 7.97. The fraction of sp³-hybridized carbons (Fsp3) is 0.333. The number of hydrogen-bond acceptors (Lipinski definition) is 7. The molecule has 0 unspecified atom stereocenters. The predicted octanol–water partition coefficient (Wildman–Crippen LogP) is 6.69. The zero-order valence-electron chi connectivity index (χ0n) is 23.3. The van der Waals surface area contributed by atoms with E-state index in [4.69, 9.17) is 11.6 Å². The average molecular weight is 646 g/mol. The second-order valence-electron chi connectivity index (χ2n) is 10.8. The molecule has 2 aliphatic heterocycles. The van der Waals surface area contributed by atoms with E-state index in [9.17, 15) is 22.8 Å². The first-order valence-electron chi connectivity index (χ1n) is 13.6. The van der Waals surface area contributed by atoms with Crippen LogP contribution in [0.15, 0.2) is 64.4 Å². The van der Waals surface area contributed by atoms with Crippen molar-refractivity contribution >= 4 is 57.3 Å². The van der Waals surface area contributed by atoms with Crippen LogP contribution in [0.5, 0.6) is 0 Å². The maximum absolute atomic E-state index is 14.9. The molecule has 0 saturated carbocycles. The lowest BCUT2D eigenvalue weighted by molar-refractivity contribution is -0.137. The van der Waals surface area contributed by atoms with Crippen LogP contribution in [-0.4, -0.2) is 56.3 Å². The van der Waals surface area contributed by atoms with Gasteiger partial charge in [0.15, 0.2) is 0 Å². The quantitative estimate of drug-likeness (QED) is 0.230. The summed E-state index contributed by atoms with van der Waals surface area (Å²) >= 11 is 8.65. The molecule has 7 nitrogen and oxygen atoms in total. The van der Waals surface area contributed by atoms with Gasteiger partial charge in [-0.25, -0.2) is 4.79 Å². The first-order chi connectivity index (χ1) is 20.5. The van der Waals surface area contributed by atoms with Gasteiger partial charge in [0.2, 0.25) is 5.91 Å². The van der Waals surface area contributed by atoms with E-state index in [0.717, 1.165) is 23.0 Å². The van der Waals surface area contributed by atoms with E-state index in [1.165, 1.54) is 28.5 Å². The minimum Gasteiger partial charge on any atom is -0.352 e. The van der Waals surface area contributed by atoms with Crippen LogP contribution in [0.4, 0.5) is 19.0 Å². The van der Waals surface area contributed by atoms with Gasteiger partial charge in [-0.2, -0.15) is 18.2 Å². The second-order valence-corrected chi connectivity index (χ2v) is 13.2. The molecule has 43 heavy (non-hydrogen) atoms. The molecule has 13 heteroatoms. The Kier molecular flexibility index (Phi) is 7.80. The van der Waals surface area contributed by atoms with Crippen LogP contribution in [0.2, 0.25) is 5.02 Å². The molecular formula is C30H27ClF3N5O2S2. The van der Waals surface area contributed by atoms with Crippen LogP contribution in [0.3, 0.4) is 0 Å². The molecule has 1 amide bonds. The molecule has 4 aromatic rings. The van der Waals surface area contributed by atoms with Crippen molar-refractivity contribution in [2.75, 3.05) is 23.7 Å². The topological polar surface area (TPSA) is 71.3 Å². The first-order valence-corrected chi connectivity index (χ1v) is 15.9. The number of amides is 1. The smallest absolute Gasteiger partial charge is 0.352 e. The average Bonchev–Trinajstić information content (AvgIpc) is 3.29. The van der Waals surface area contributed by atoms with Crippen LogP contribution in [0.25, 0.3) is 21.3 Å². The van der Waals surface area contributed by atoms with Crippen molar-refractivity contribution < 1.29 is 18.0 Å². The largest absolute Gasteiger partial charge is 0.417 e. The highest BCUT2D eigenvalue weighted by Crippen LogP contribution is 2.50. The van der Waals surface area contributed by atoms with Gasteiger partial charge in [0.05, 0.1) is 16.1 Å². The van der Waals surface area contributed by atoms with Crippen LogP contribution in [0.1, 0.15) is 30.9 Å². The summed E-state index contributed by atoms with van der Waals surface area (Å²) in [5.74, 6) is 0.236. The number of thiophene rings is 1. The minimum absolute atomic E-state index is 0.0192. The number of carbonyl (C=O) groups is 1. The number of anilines is 1. The highest BCUT2D eigenvalue weighted by molar-refractivity contribution is 7.99. The molecule has 0 spiro atoms. The number of benzene rings is 1. The molecule has 2 aliphatic rings. The molecule has 0 N–H and O–H groups in total. The zero-order chi connectivity index (χ0) is 30.6. The Bertz CT molecular complexity index is 1780. The molecular weight excluding hydrogens is 619 g/mol. The lowest BCUT2D eigenvalue weighted by Gasteiger charge is -2.44. The van der Waals surface area contributed by atoms with E-state index >= 15 is 0 Å². The number of alkyl halides is 3. The van der Waals surface area contributed by atoms with Gasteiger partial charge in [0.25, 0.3) is 0 Å². The van der Waals surface area contributed by atoms with Crippen molar-refractivity contribution in [2.24, 2.45) is 0 Å². The summed E-state index contributed by atoms with van der Waals surface area (Å²) < 4.78 is 46.2. The zero-order valence-corrected chi connectivity index (χ0v) is 25.7. The Balaban J connectivity index is 1.62. The summed E-state index contributed by atoms with van der Waals surface area (Å²) in [6.07, 6.45) is -0.110. The number of carbonyl (C=O) groups excluding carboxylic acids is 1. The van der Waals surface area contributed by atoms with Crippen LogP contribution < -0.4 is 10.6 Å². The third kappa shape index (κ3) is 5.33. The molecule has 224 valence electrons. The maximum Gasteiger partial charge on any atom is 0.417 e. The van der Waals surface area contributed by atoms with Gasteiger partial charge < -0.3 is 9.80 Å². The molecule has 1 fully saturated rings. The Labute approximate surface area is 259 Å². The van der Waals surface area contributed by atoms with E-state index in [0.29, 0.717) is 39.2 Å². The van der Waals surface area contributed by atoms with Gasteiger partial charge in [-0.15, -0.1) is 23.1 Å². The Morgan fingerprint density at radius 2 is 1.84 bits per heavy atom. The van der Waals surface area contributed by atoms with Gasteiger partial charge in [-0.1, -0.05) is 18.2 Å². The number of pyridine rings is 1. The van der Waals surface area contributed by atoms with Crippen molar-refractivity contribution in [1.29, 1.82) is 0 Å². The summed E-state index contributed by atoms with van der Waals surface area (Å²) in [5, 5.41) is 2.20. The van der Waals surface area contributed by atoms with Gasteiger partial charge in [0, 0.05) is 81.9 Å². The van der Waals surface area contributed by atoms with Crippen molar-refractivity contribution in [2.45, 2.75) is 49.5 Å². The summed E-state index contributed by atoms with van der Waals surface area (Å²) in [7, 11) is 0. The highest BCUT2D eigenvalue weighted by atomic mass is 35.5. The van der Waals surface area contributed by atoms with Gasteiger partial charge in [-0.3, -0.25) is 14.3 Å². The number of piperazine rings is 1. The van der Waals surface area contributed by atoms with Crippen molar-refractivity contribution in [3.05, 3.63) is 81.3 Å². The lowest BCUT2D eigenvalue weighted by atomic mass is 9.99. The molecule has 1 saturated heterocycles. The molecule has 0 radical (unpaired) electrons. The van der Waals surface area contributed by atoms with Crippen LogP contribution in [0, 0.1) is 0 Å². The van der Waals surface area contributed by atoms with Crippen molar-refractivity contribution in [3.63, 3.8) is 0 Å². The fourth-order valence-electron chi connectivity index (χ4n) is 6.19. The minimum atomic E-state index is -4.69. The molecule has 5 heterocycles. The number of aromatic nitrogens is 3. The number of hydrogen-bond donors (Lipinski definition) is 0. The molecule has 3 aromatic heterocycles. The molecule has 0 aliphatic carbocycles. The van der Waals surface area contributed by atoms with Crippen molar-refractivity contribution in [1.82, 2.24) is 19.4 Å². The summed E-state index contributed by atoms with van der Waals surface area (Å²) in [6.45, 7) is 8.15. The Morgan fingerprint density at radius 3 is 2.44 bits per heavy atom. The van der Waals surface area contributed by atoms with Gasteiger partial charge in [-0.05, 0) is 49.8 Å². The van der Waals surface area contributed by atoms with E-state index in [1.54, 1.807) is 22.7 Å². The summed E-state index contributed by atoms with van der Waals surface area (Å²) in [6, 6.07) is 5.81. The third-order valence-corrected chi connectivity index (χ3v) is 10.5. The molecule has 3 atom stereocenters. The predicted molar refractivity (Wildman–Crippen MR) is 165 cm³/mol. The summed E-state index contributed by atoms with van der Waals surface area (Å²) in [5.41, 5.74) is 0.0323. The number of thioether (sulfide) groups is 1. The molecule has 0 bridgehead atoms. The van der Waals surface area contributed by atoms with E-state index in [1.807, 2.05) is 30.9 Å². The molecule has 1 aromatic carbocycles. The van der Waals surface area contributed by atoms with Crippen LogP contribution in [-0.2, 0) is 17.5 Å². The van der Waals surface area contributed by atoms with Crippen LogP contribution >= 0.6 is 34.7 Å². The monoisotopic (exact) mass is 645 g/mol. The molecule has 6 rings (SSSR count). The maximum atomic E-state index is 14.9. The van der Waals surface area contributed by atoms with Gasteiger partial charge >= 0.3 is 11.9 Å². The number of rotatable bonds is 4. The normalized spacial score (nSPS) is 20.7. The van der Waals surface area contributed by atoms with E-state index in [2.05, 4.69) is 16.5 Å². The number of nitrogens with zero attached hydrogens (tertiary/aromatic N) is 5. The van der Waals surface area contributed by atoms with Crippen molar-refractivity contribution in [3.8, 4) is 10.4 Å².